The van der Waals surface area contributed by atoms with E-state index in [1.165, 1.54) is 42.0 Å². The monoisotopic (exact) mass is 215 g/mol. The summed E-state index contributed by atoms with van der Waals surface area (Å²) in [6.45, 7) is 0. The van der Waals surface area contributed by atoms with Crippen LogP contribution in [0.1, 0.15) is 25.7 Å². The molecule has 0 heterocycles. The molecule has 1 aliphatic carbocycles. The third-order valence-electron chi connectivity index (χ3n) is 3.81. The first-order valence-corrected chi connectivity index (χ1v) is 7.22. The molecule has 0 aliphatic heterocycles. The molecule has 3 nitrogen and oxygen atoms in total. The molecule has 0 amide bonds. The Bertz CT molecular complexity index is 156. The number of rotatable bonds is 5. The van der Waals surface area contributed by atoms with Crippen LogP contribution in [0.25, 0.3) is 0 Å². The predicted molar refractivity (Wildman–Crippen MR) is 65.6 cm³/mol. The van der Waals surface area contributed by atoms with Gasteiger partial charge in [-0.15, -0.1) is 0 Å². The molecule has 0 atom stereocenters. The van der Waals surface area contributed by atoms with Crippen molar-refractivity contribution in [1.29, 1.82) is 0 Å². The van der Waals surface area contributed by atoms with Crippen molar-refractivity contribution in [2.24, 2.45) is 0 Å². The lowest BCUT2D eigenvalue weighted by atomic mass is 10.2. The molecular weight excluding hydrogens is 190 g/mol. The Morgan fingerprint density at radius 2 is 1.79 bits per heavy atom. The van der Waals surface area contributed by atoms with Crippen molar-refractivity contribution < 1.29 is 0 Å². The smallest absolute Gasteiger partial charge is 0.122 e. The van der Waals surface area contributed by atoms with Crippen LogP contribution < -0.4 is 10.6 Å². The summed E-state index contributed by atoms with van der Waals surface area (Å²) < 4.78 is 0. The van der Waals surface area contributed by atoms with Crippen LogP contribution in [0.5, 0.6) is 0 Å². The van der Waals surface area contributed by atoms with E-state index in [0.29, 0.717) is 0 Å². The van der Waals surface area contributed by atoms with Crippen molar-refractivity contribution in [2.75, 3.05) is 21.1 Å². The van der Waals surface area contributed by atoms with Crippen molar-refractivity contribution in [3.63, 3.8) is 0 Å². The predicted octanol–water partition coefficient (Wildman–Crippen LogP) is -0.263. The zero-order valence-electron chi connectivity index (χ0n) is 10.1. The number of hydrogen-bond acceptors (Lipinski definition) is 3. The van der Waals surface area contributed by atoms with E-state index in [2.05, 4.69) is 36.7 Å². The van der Waals surface area contributed by atoms with E-state index < -0.39 is 0 Å². The highest BCUT2D eigenvalue weighted by Gasteiger charge is 2.34. The van der Waals surface area contributed by atoms with Gasteiger partial charge in [0.2, 0.25) is 0 Å². The molecule has 0 spiro atoms. The minimum atomic E-state index is 0.0429. The zero-order chi connectivity index (χ0) is 10.6. The van der Waals surface area contributed by atoms with Gasteiger partial charge in [0.1, 0.15) is 5.79 Å². The van der Waals surface area contributed by atoms with Gasteiger partial charge < -0.3 is 0 Å². The van der Waals surface area contributed by atoms with Crippen LogP contribution in [-0.4, -0.2) is 48.1 Å². The number of hydrogen-bond donors (Lipinski definition) is 2. The Morgan fingerprint density at radius 3 is 2.14 bits per heavy atom. The summed E-state index contributed by atoms with van der Waals surface area (Å²) in [6, 6.07) is 1.98. The molecule has 0 aromatic rings. The van der Waals surface area contributed by atoms with Crippen LogP contribution in [0.3, 0.4) is 0 Å². The Hall–Kier alpha value is 0.0969. The second kappa shape index (κ2) is 5.26. The van der Waals surface area contributed by atoms with Gasteiger partial charge in [0.15, 0.2) is 0 Å². The molecule has 4 heteroatoms. The highest BCUT2D eigenvalue weighted by atomic mass is 28.1. The van der Waals surface area contributed by atoms with Gasteiger partial charge in [-0.25, -0.2) is 0 Å². The zero-order valence-corrected chi connectivity index (χ0v) is 12.1. The van der Waals surface area contributed by atoms with E-state index in [-0.39, 0.29) is 5.79 Å². The molecule has 0 bridgehead atoms. The molecule has 1 aliphatic rings. The standard InChI is InChI=1S/C10H25N3Si/c1-11-10(8-14,12-2)13(3)9-6-4-5-7-9/h9,11-12H,4-8H2,1-3,14H3. The fourth-order valence-electron chi connectivity index (χ4n) is 2.68. The summed E-state index contributed by atoms with van der Waals surface area (Å²) in [4.78, 5) is 2.51. The van der Waals surface area contributed by atoms with Crippen molar-refractivity contribution in [2.45, 2.75) is 43.6 Å². The summed E-state index contributed by atoms with van der Waals surface area (Å²) >= 11 is 0. The normalized spacial score (nSPS) is 19.7. The summed E-state index contributed by atoms with van der Waals surface area (Å²) in [5.41, 5.74) is 0. The maximum Gasteiger partial charge on any atom is 0.122 e. The topological polar surface area (TPSA) is 27.3 Å². The molecule has 84 valence electrons. The Labute approximate surface area is 91.0 Å². The van der Waals surface area contributed by atoms with E-state index in [1.54, 1.807) is 0 Å². The SMILES string of the molecule is CNC(C[SiH3])(NC)N(C)C1CCCC1. The molecule has 0 unspecified atom stereocenters. The molecule has 14 heavy (non-hydrogen) atoms. The van der Waals surface area contributed by atoms with Gasteiger partial charge in [0, 0.05) is 16.3 Å². The van der Waals surface area contributed by atoms with E-state index in [1.807, 2.05) is 0 Å². The minimum absolute atomic E-state index is 0.0429. The highest BCUT2D eigenvalue weighted by Crippen LogP contribution is 2.26. The average Bonchev–Trinajstić information content (AvgIpc) is 2.74. The van der Waals surface area contributed by atoms with Crippen LogP contribution in [-0.2, 0) is 0 Å². The van der Waals surface area contributed by atoms with Crippen molar-refractivity contribution >= 4 is 10.2 Å². The molecule has 1 saturated carbocycles. The van der Waals surface area contributed by atoms with Crippen molar-refractivity contribution in [3.8, 4) is 0 Å². The van der Waals surface area contributed by atoms with Gasteiger partial charge in [0.05, 0.1) is 0 Å². The van der Waals surface area contributed by atoms with Gasteiger partial charge in [0.25, 0.3) is 0 Å². The maximum atomic E-state index is 3.44. The summed E-state index contributed by atoms with van der Waals surface area (Å²) in [6.07, 6.45) is 5.53. The van der Waals surface area contributed by atoms with Gasteiger partial charge in [-0.1, -0.05) is 12.8 Å². The maximum absolute atomic E-state index is 3.44. The van der Waals surface area contributed by atoms with Gasteiger partial charge in [-0.05, 0) is 40.0 Å². The van der Waals surface area contributed by atoms with Crippen molar-refractivity contribution in [3.05, 3.63) is 0 Å². The molecule has 0 saturated heterocycles. The van der Waals surface area contributed by atoms with Crippen LogP contribution in [0.15, 0.2) is 0 Å². The van der Waals surface area contributed by atoms with Gasteiger partial charge >= 0.3 is 0 Å². The summed E-state index contributed by atoms with van der Waals surface area (Å²) in [7, 11) is 7.58. The fraction of sp³-hybridized carbons (Fsp3) is 1.00. The number of nitrogens with zero attached hydrogens (tertiary/aromatic N) is 1. The van der Waals surface area contributed by atoms with Gasteiger partial charge in [-0.2, -0.15) is 0 Å². The summed E-state index contributed by atoms with van der Waals surface area (Å²) in [5.74, 6) is 0.0429. The van der Waals surface area contributed by atoms with E-state index in [0.717, 1.165) is 6.04 Å². The molecule has 1 fully saturated rings. The van der Waals surface area contributed by atoms with Crippen LogP contribution >= 0.6 is 0 Å². The molecule has 0 radical (unpaired) electrons. The molecule has 0 aromatic heterocycles. The molecule has 2 N–H and O–H groups in total. The van der Waals surface area contributed by atoms with Crippen LogP contribution in [0.2, 0.25) is 6.04 Å². The second-order valence-electron chi connectivity index (χ2n) is 4.26. The lowest BCUT2D eigenvalue weighted by Gasteiger charge is -2.44. The summed E-state index contributed by atoms with van der Waals surface area (Å²) in [5, 5.41) is 6.88. The fourth-order valence-corrected chi connectivity index (χ4v) is 3.89. The third kappa shape index (κ3) is 2.19. The molecule has 1 rings (SSSR count). The van der Waals surface area contributed by atoms with E-state index in [4.69, 9.17) is 0 Å². The third-order valence-corrected chi connectivity index (χ3v) is 4.84. The first kappa shape index (κ1) is 12.2. The average molecular weight is 215 g/mol. The van der Waals surface area contributed by atoms with E-state index in [9.17, 15) is 0 Å². The Balaban J connectivity index is 2.65. The first-order chi connectivity index (χ1) is 6.70. The lowest BCUT2D eigenvalue weighted by molar-refractivity contribution is 0.0411. The quantitative estimate of drug-likeness (QED) is 0.489. The molecular formula is C10H25N3Si. The van der Waals surface area contributed by atoms with E-state index >= 15 is 0 Å². The number of nitrogens with one attached hydrogen (secondary N) is 2. The Morgan fingerprint density at radius 1 is 1.29 bits per heavy atom. The van der Waals surface area contributed by atoms with Gasteiger partial charge in [-0.3, -0.25) is 15.5 Å². The van der Waals surface area contributed by atoms with Crippen molar-refractivity contribution in [1.82, 2.24) is 15.5 Å². The van der Waals surface area contributed by atoms with Crippen LogP contribution in [0, 0.1) is 0 Å². The first-order valence-electron chi connectivity index (χ1n) is 5.81. The Kier molecular flexibility index (Phi) is 4.57. The lowest BCUT2D eigenvalue weighted by Crippen LogP contribution is -2.66. The highest BCUT2D eigenvalue weighted by molar-refractivity contribution is 6.09. The minimum Gasteiger partial charge on any atom is -0.290 e. The molecule has 0 aromatic carbocycles. The second-order valence-corrected chi connectivity index (χ2v) is 4.97. The largest absolute Gasteiger partial charge is 0.290 e. The van der Waals surface area contributed by atoms with Crippen LogP contribution in [0.4, 0.5) is 0 Å².